The second-order valence-corrected chi connectivity index (χ2v) is 5.70. The predicted molar refractivity (Wildman–Crippen MR) is 95.7 cm³/mol. The van der Waals surface area contributed by atoms with E-state index in [1.807, 2.05) is 66.3 Å². The van der Waals surface area contributed by atoms with Crippen molar-refractivity contribution in [2.45, 2.75) is 6.04 Å². The molecule has 0 saturated carbocycles. The third-order valence-corrected chi connectivity index (χ3v) is 4.13. The third kappa shape index (κ3) is 2.82. The van der Waals surface area contributed by atoms with Gasteiger partial charge in [0.15, 0.2) is 5.58 Å². The smallest absolute Gasteiger partial charge is 0.296 e. The molecule has 0 aliphatic carbocycles. The molecule has 0 aliphatic heterocycles. The van der Waals surface area contributed by atoms with Crippen LogP contribution in [0.3, 0.4) is 0 Å². The number of oxazole rings is 1. The second kappa shape index (κ2) is 6.32. The van der Waals surface area contributed by atoms with E-state index in [1.165, 1.54) is 0 Å². The fraction of sp³-hybridized carbons (Fsp3) is 0.158. The number of hydrogen-bond donors (Lipinski definition) is 1. The molecule has 2 aromatic heterocycles. The van der Waals surface area contributed by atoms with Crippen LogP contribution in [0.2, 0.25) is 0 Å². The monoisotopic (exact) mass is 334 g/mol. The first-order valence-electron chi connectivity index (χ1n) is 7.98. The molecule has 0 aliphatic rings. The molecule has 0 saturated heterocycles. The van der Waals surface area contributed by atoms with E-state index < -0.39 is 0 Å². The summed E-state index contributed by atoms with van der Waals surface area (Å²) in [6.45, 7) is 0. The minimum absolute atomic E-state index is 0.260. The highest BCUT2D eigenvalue weighted by molar-refractivity contribution is 5.74. The number of ether oxygens (including phenoxy) is 1. The van der Waals surface area contributed by atoms with Crippen LogP contribution in [0.4, 0.5) is 6.01 Å². The number of hydrogen-bond acceptors (Lipinski definition) is 5. The SMILES string of the molecule is COc1ccccc1C(Nc1nc2ccccc2o1)c1nccn1C. The Morgan fingerprint density at radius 3 is 2.68 bits per heavy atom. The fourth-order valence-corrected chi connectivity index (χ4v) is 2.90. The van der Waals surface area contributed by atoms with Crippen molar-refractivity contribution in [3.63, 3.8) is 0 Å². The van der Waals surface area contributed by atoms with Gasteiger partial charge in [0.25, 0.3) is 6.01 Å². The molecule has 0 fully saturated rings. The topological polar surface area (TPSA) is 65.1 Å². The van der Waals surface area contributed by atoms with E-state index in [-0.39, 0.29) is 6.04 Å². The molecule has 6 heteroatoms. The molecule has 0 spiro atoms. The zero-order chi connectivity index (χ0) is 17.2. The molecule has 4 rings (SSSR count). The van der Waals surface area contributed by atoms with Crippen LogP contribution in [0.1, 0.15) is 17.4 Å². The first kappa shape index (κ1) is 15.3. The molecule has 126 valence electrons. The number of anilines is 1. The number of fused-ring (bicyclic) bond motifs is 1. The van der Waals surface area contributed by atoms with Crippen LogP contribution < -0.4 is 10.1 Å². The standard InChI is InChI=1S/C19H18N4O2/c1-23-12-11-20-18(23)17(13-7-3-5-9-15(13)24-2)22-19-21-14-8-4-6-10-16(14)25-19/h3-12,17H,1-2H3,(H,21,22). The summed E-state index contributed by atoms with van der Waals surface area (Å²) in [5, 5.41) is 3.36. The lowest BCUT2D eigenvalue weighted by Gasteiger charge is -2.20. The van der Waals surface area contributed by atoms with Gasteiger partial charge in [0.1, 0.15) is 23.1 Å². The molecule has 2 heterocycles. The highest BCUT2D eigenvalue weighted by atomic mass is 16.5. The van der Waals surface area contributed by atoms with Gasteiger partial charge in [-0.3, -0.25) is 0 Å². The molecular formula is C19H18N4O2. The van der Waals surface area contributed by atoms with Crippen molar-refractivity contribution in [3.8, 4) is 5.75 Å². The third-order valence-electron chi connectivity index (χ3n) is 4.13. The lowest BCUT2D eigenvalue weighted by Crippen LogP contribution is -2.17. The summed E-state index contributed by atoms with van der Waals surface area (Å²) in [5.74, 6) is 1.62. The fourth-order valence-electron chi connectivity index (χ4n) is 2.90. The van der Waals surface area contributed by atoms with Crippen LogP contribution in [-0.2, 0) is 7.05 Å². The van der Waals surface area contributed by atoms with Gasteiger partial charge in [0.2, 0.25) is 0 Å². The summed E-state index contributed by atoms with van der Waals surface area (Å²) in [6.07, 6.45) is 3.68. The minimum atomic E-state index is -0.260. The van der Waals surface area contributed by atoms with Crippen LogP contribution in [0.25, 0.3) is 11.1 Å². The molecule has 25 heavy (non-hydrogen) atoms. The maximum atomic E-state index is 5.83. The van der Waals surface area contributed by atoms with Crippen molar-refractivity contribution in [3.05, 3.63) is 72.3 Å². The maximum Gasteiger partial charge on any atom is 0.296 e. The first-order valence-corrected chi connectivity index (χ1v) is 7.98. The van der Waals surface area contributed by atoms with Crippen LogP contribution in [0.5, 0.6) is 5.75 Å². The van der Waals surface area contributed by atoms with Crippen molar-refractivity contribution >= 4 is 17.1 Å². The molecule has 1 N–H and O–H groups in total. The van der Waals surface area contributed by atoms with E-state index in [9.17, 15) is 0 Å². The Morgan fingerprint density at radius 1 is 1.12 bits per heavy atom. The van der Waals surface area contributed by atoms with Gasteiger partial charge in [-0.25, -0.2) is 4.98 Å². The Bertz CT molecular complexity index is 972. The maximum absolute atomic E-state index is 5.83. The van der Waals surface area contributed by atoms with E-state index >= 15 is 0 Å². The number of imidazole rings is 1. The number of rotatable bonds is 5. The Hall–Kier alpha value is -3.28. The quantitative estimate of drug-likeness (QED) is 0.602. The molecular weight excluding hydrogens is 316 g/mol. The van der Waals surface area contributed by atoms with Gasteiger partial charge in [-0.05, 0) is 18.2 Å². The molecule has 0 bridgehead atoms. The number of benzene rings is 2. The van der Waals surface area contributed by atoms with Gasteiger partial charge in [-0.1, -0.05) is 30.3 Å². The Balaban J connectivity index is 1.79. The molecule has 0 amide bonds. The lowest BCUT2D eigenvalue weighted by atomic mass is 10.0. The zero-order valence-corrected chi connectivity index (χ0v) is 14.0. The van der Waals surface area contributed by atoms with Crippen molar-refractivity contribution in [1.82, 2.24) is 14.5 Å². The van der Waals surface area contributed by atoms with Gasteiger partial charge >= 0.3 is 0 Å². The van der Waals surface area contributed by atoms with E-state index in [4.69, 9.17) is 9.15 Å². The number of nitrogens with zero attached hydrogens (tertiary/aromatic N) is 3. The summed E-state index contributed by atoms with van der Waals surface area (Å²) >= 11 is 0. The summed E-state index contributed by atoms with van der Waals surface area (Å²) in [5.41, 5.74) is 2.51. The van der Waals surface area contributed by atoms with Gasteiger partial charge < -0.3 is 19.0 Å². The molecule has 6 nitrogen and oxygen atoms in total. The number of aryl methyl sites for hydroxylation is 1. The van der Waals surface area contributed by atoms with Crippen LogP contribution >= 0.6 is 0 Å². The highest BCUT2D eigenvalue weighted by Crippen LogP contribution is 2.32. The molecule has 1 unspecified atom stereocenters. The summed E-state index contributed by atoms with van der Waals surface area (Å²) < 4.78 is 13.3. The molecule has 2 aromatic carbocycles. The zero-order valence-electron chi connectivity index (χ0n) is 14.0. The minimum Gasteiger partial charge on any atom is -0.496 e. The van der Waals surface area contributed by atoms with E-state index in [1.54, 1.807) is 13.3 Å². The normalized spacial score (nSPS) is 12.2. The van der Waals surface area contributed by atoms with Gasteiger partial charge in [-0.2, -0.15) is 4.98 Å². The summed E-state index contributed by atoms with van der Waals surface area (Å²) in [6, 6.07) is 15.7. The van der Waals surface area contributed by atoms with Crippen molar-refractivity contribution in [2.75, 3.05) is 12.4 Å². The van der Waals surface area contributed by atoms with Crippen LogP contribution in [0.15, 0.2) is 65.3 Å². The summed E-state index contributed by atoms with van der Waals surface area (Å²) in [4.78, 5) is 9.01. The average Bonchev–Trinajstić information content (AvgIpc) is 3.25. The first-order chi connectivity index (χ1) is 12.3. The molecule has 4 aromatic rings. The number of aromatic nitrogens is 3. The van der Waals surface area contributed by atoms with Crippen molar-refractivity contribution < 1.29 is 9.15 Å². The van der Waals surface area contributed by atoms with Gasteiger partial charge in [0.05, 0.1) is 7.11 Å². The number of para-hydroxylation sites is 3. The Kier molecular flexibility index (Phi) is 3.85. The largest absolute Gasteiger partial charge is 0.496 e. The molecule has 1 atom stereocenters. The Morgan fingerprint density at radius 2 is 1.92 bits per heavy atom. The van der Waals surface area contributed by atoms with Crippen LogP contribution in [-0.4, -0.2) is 21.6 Å². The van der Waals surface area contributed by atoms with E-state index in [2.05, 4.69) is 15.3 Å². The summed E-state index contributed by atoms with van der Waals surface area (Å²) in [7, 11) is 3.62. The predicted octanol–water partition coefficient (Wildman–Crippen LogP) is 3.77. The number of methoxy groups -OCH3 is 1. The lowest BCUT2D eigenvalue weighted by molar-refractivity contribution is 0.407. The Labute approximate surface area is 145 Å². The molecule has 0 radical (unpaired) electrons. The van der Waals surface area contributed by atoms with E-state index in [0.29, 0.717) is 6.01 Å². The van der Waals surface area contributed by atoms with Crippen molar-refractivity contribution in [2.24, 2.45) is 7.05 Å². The second-order valence-electron chi connectivity index (χ2n) is 5.70. The number of nitrogens with one attached hydrogen (secondary N) is 1. The average molecular weight is 334 g/mol. The van der Waals surface area contributed by atoms with Gasteiger partial charge in [-0.15, -0.1) is 0 Å². The van der Waals surface area contributed by atoms with Crippen LogP contribution in [0, 0.1) is 0 Å². The van der Waals surface area contributed by atoms with Gasteiger partial charge in [0, 0.05) is 25.0 Å². The van der Waals surface area contributed by atoms with Crippen molar-refractivity contribution in [1.29, 1.82) is 0 Å². The van der Waals surface area contributed by atoms with E-state index in [0.717, 1.165) is 28.2 Å². The highest BCUT2D eigenvalue weighted by Gasteiger charge is 2.23.